The lowest BCUT2D eigenvalue weighted by atomic mass is 10.3. The molecule has 0 spiro atoms. The Labute approximate surface area is 103 Å². The van der Waals surface area contributed by atoms with Crippen molar-refractivity contribution in [2.45, 2.75) is 6.42 Å². The van der Waals surface area contributed by atoms with Crippen molar-refractivity contribution in [3.8, 4) is 5.75 Å². The standard InChI is InChI=1S/C11H15BrN2O2/c1-13-6-5-11(15)14-9-7-8(12)3-4-10(9)16-2/h3-4,7,13H,5-6H2,1-2H3,(H,14,15). The molecule has 1 amide bonds. The third-order valence-corrected chi connectivity index (χ3v) is 2.53. The third-order valence-electron chi connectivity index (χ3n) is 2.04. The number of methoxy groups -OCH3 is 1. The highest BCUT2D eigenvalue weighted by atomic mass is 79.9. The van der Waals surface area contributed by atoms with Gasteiger partial charge in [0.05, 0.1) is 12.8 Å². The minimum absolute atomic E-state index is 0.0363. The van der Waals surface area contributed by atoms with Gasteiger partial charge in [0.15, 0.2) is 0 Å². The van der Waals surface area contributed by atoms with Gasteiger partial charge in [0.25, 0.3) is 0 Å². The lowest BCUT2D eigenvalue weighted by Crippen LogP contribution is -2.19. The first-order valence-electron chi connectivity index (χ1n) is 4.95. The van der Waals surface area contributed by atoms with Crippen LogP contribution in [-0.2, 0) is 4.79 Å². The number of benzene rings is 1. The maximum Gasteiger partial charge on any atom is 0.225 e. The van der Waals surface area contributed by atoms with E-state index in [1.165, 1.54) is 0 Å². The molecule has 0 fully saturated rings. The number of nitrogens with one attached hydrogen (secondary N) is 2. The maximum absolute atomic E-state index is 11.5. The smallest absolute Gasteiger partial charge is 0.225 e. The largest absolute Gasteiger partial charge is 0.495 e. The normalized spacial score (nSPS) is 9.94. The summed E-state index contributed by atoms with van der Waals surface area (Å²) in [5.41, 5.74) is 0.679. The Kier molecular flexibility index (Phi) is 5.28. The fourth-order valence-corrected chi connectivity index (χ4v) is 1.59. The van der Waals surface area contributed by atoms with E-state index in [0.29, 0.717) is 24.4 Å². The van der Waals surface area contributed by atoms with Crippen LogP contribution in [0.3, 0.4) is 0 Å². The molecule has 5 heteroatoms. The first kappa shape index (κ1) is 13.0. The molecular formula is C11H15BrN2O2. The summed E-state index contributed by atoms with van der Waals surface area (Å²) in [6.07, 6.45) is 0.437. The van der Waals surface area contributed by atoms with Crippen molar-refractivity contribution in [1.82, 2.24) is 5.32 Å². The van der Waals surface area contributed by atoms with E-state index in [0.717, 1.165) is 4.47 Å². The van der Waals surface area contributed by atoms with E-state index in [2.05, 4.69) is 26.6 Å². The Morgan fingerprint density at radius 3 is 2.88 bits per heavy atom. The molecule has 1 aromatic rings. The fraction of sp³-hybridized carbons (Fsp3) is 0.364. The average Bonchev–Trinajstić information content (AvgIpc) is 2.27. The van der Waals surface area contributed by atoms with Crippen LogP contribution in [0.25, 0.3) is 0 Å². The summed E-state index contributed by atoms with van der Waals surface area (Å²) in [6.45, 7) is 0.655. The predicted octanol–water partition coefficient (Wildman–Crippen LogP) is 2.01. The van der Waals surface area contributed by atoms with Gasteiger partial charge in [0.1, 0.15) is 5.75 Å². The van der Waals surface area contributed by atoms with Crippen molar-refractivity contribution in [1.29, 1.82) is 0 Å². The molecule has 0 aliphatic carbocycles. The summed E-state index contributed by atoms with van der Waals surface area (Å²) in [7, 11) is 3.39. The van der Waals surface area contributed by atoms with Crippen LogP contribution in [-0.4, -0.2) is 26.6 Å². The van der Waals surface area contributed by atoms with Crippen LogP contribution in [0.2, 0.25) is 0 Å². The Morgan fingerprint density at radius 2 is 2.25 bits per heavy atom. The number of hydrogen-bond acceptors (Lipinski definition) is 3. The van der Waals surface area contributed by atoms with Gasteiger partial charge in [-0.1, -0.05) is 15.9 Å². The fourth-order valence-electron chi connectivity index (χ4n) is 1.23. The number of hydrogen-bond donors (Lipinski definition) is 2. The Hall–Kier alpha value is -1.07. The summed E-state index contributed by atoms with van der Waals surface area (Å²) >= 11 is 3.35. The van der Waals surface area contributed by atoms with E-state index >= 15 is 0 Å². The van der Waals surface area contributed by atoms with Gasteiger partial charge in [-0.2, -0.15) is 0 Å². The molecular weight excluding hydrogens is 272 g/mol. The predicted molar refractivity (Wildman–Crippen MR) is 67.9 cm³/mol. The molecule has 4 nitrogen and oxygen atoms in total. The van der Waals surface area contributed by atoms with Crippen LogP contribution >= 0.6 is 15.9 Å². The number of ether oxygens (including phenoxy) is 1. The molecule has 2 N–H and O–H groups in total. The summed E-state index contributed by atoms with van der Waals surface area (Å²) in [4.78, 5) is 11.5. The van der Waals surface area contributed by atoms with Crippen LogP contribution in [0.4, 0.5) is 5.69 Å². The molecule has 0 unspecified atom stereocenters. The number of anilines is 1. The second-order valence-electron chi connectivity index (χ2n) is 3.25. The Morgan fingerprint density at radius 1 is 1.50 bits per heavy atom. The molecule has 0 heterocycles. The highest BCUT2D eigenvalue weighted by Gasteiger charge is 2.07. The molecule has 1 aromatic carbocycles. The topological polar surface area (TPSA) is 50.4 Å². The first-order chi connectivity index (χ1) is 7.67. The highest BCUT2D eigenvalue weighted by Crippen LogP contribution is 2.27. The summed E-state index contributed by atoms with van der Waals surface area (Å²) in [6, 6.07) is 5.48. The van der Waals surface area contributed by atoms with E-state index in [1.54, 1.807) is 13.2 Å². The summed E-state index contributed by atoms with van der Waals surface area (Å²) in [5.74, 6) is 0.617. The average molecular weight is 287 g/mol. The molecule has 1 rings (SSSR count). The zero-order chi connectivity index (χ0) is 12.0. The number of carbonyl (C=O) groups is 1. The number of carbonyl (C=O) groups excluding carboxylic acids is 1. The molecule has 0 saturated heterocycles. The van der Waals surface area contributed by atoms with Gasteiger partial charge in [0.2, 0.25) is 5.91 Å². The van der Waals surface area contributed by atoms with Crippen molar-refractivity contribution in [3.63, 3.8) is 0 Å². The van der Waals surface area contributed by atoms with Crippen LogP contribution in [0.15, 0.2) is 22.7 Å². The van der Waals surface area contributed by atoms with E-state index in [4.69, 9.17) is 4.74 Å². The van der Waals surface area contributed by atoms with Crippen molar-refractivity contribution in [2.75, 3.05) is 26.0 Å². The zero-order valence-corrected chi connectivity index (χ0v) is 10.9. The van der Waals surface area contributed by atoms with Crippen molar-refractivity contribution < 1.29 is 9.53 Å². The minimum Gasteiger partial charge on any atom is -0.495 e. The molecule has 0 aliphatic rings. The van der Waals surface area contributed by atoms with E-state index in [9.17, 15) is 4.79 Å². The Balaban J connectivity index is 2.71. The molecule has 88 valence electrons. The minimum atomic E-state index is -0.0363. The van der Waals surface area contributed by atoms with Crippen LogP contribution in [0, 0.1) is 0 Å². The van der Waals surface area contributed by atoms with Gasteiger partial charge < -0.3 is 15.4 Å². The lowest BCUT2D eigenvalue weighted by Gasteiger charge is -2.10. The van der Waals surface area contributed by atoms with Crippen LogP contribution in [0.5, 0.6) is 5.75 Å². The van der Waals surface area contributed by atoms with Crippen molar-refractivity contribution in [2.24, 2.45) is 0 Å². The number of rotatable bonds is 5. The van der Waals surface area contributed by atoms with E-state index in [-0.39, 0.29) is 5.91 Å². The van der Waals surface area contributed by atoms with E-state index < -0.39 is 0 Å². The van der Waals surface area contributed by atoms with Gasteiger partial charge in [-0.15, -0.1) is 0 Å². The summed E-state index contributed by atoms with van der Waals surface area (Å²) < 4.78 is 6.05. The third kappa shape index (κ3) is 3.83. The number of halogens is 1. The Bertz CT molecular complexity index is 369. The maximum atomic E-state index is 11.5. The zero-order valence-electron chi connectivity index (χ0n) is 9.34. The molecule has 0 bridgehead atoms. The van der Waals surface area contributed by atoms with Gasteiger partial charge in [0, 0.05) is 17.4 Å². The SMILES string of the molecule is CNCCC(=O)Nc1cc(Br)ccc1OC. The molecule has 16 heavy (non-hydrogen) atoms. The van der Waals surface area contributed by atoms with Crippen molar-refractivity contribution in [3.05, 3.63) is 22.7 Å². The van der Waals surface area contributed by atoms with Gasteiger partial charge in [-0.3, -0.25) is 4.79 Å². The molecule has 0 atom stereocenters. The first-order valence-corrected chi connectivity index (χ1v) is 5.74. The monoisotopic (exact) mass is 286 g/mol. The van der Waals surface area contributed by atoms with Crippen molar-refractivity contribution >= 4 is 27.5 Å². The second-order valence-corrected chi connectivity index (χ2v) is 4.16. The quantitative estimate of drug-likeness (QED) is 0.871. The van der Waals surface area contributed by atoms with E-state index in [1.807, 2.05) is 19.2 Å². The summed E-state index contributed by atoms with van der Waals surface area (Å²) in [5, 5.41) is 5.73. The lowest BCUT2D eigenvalue weighted by molar-refractivity contribution is -0.116. The molecule has 0 radical (unpaired) electrons. The van der Waals surface area contributed by atoms with Gasteiger partial charge in [-0.25, -0.2) is 0 Å². The molecule has 0 aliphatic heterocycles. The molecule has 0 aromatic heterocycles. The van der Waals surface area contributed by atoms with Crippen LogP contribution in [0.1, 0.15) is 6.42 Å². The van der Waals surface area contributed by atoms with Gasteiger partial charge in [-0.05, 0) is 25.2 Å². The second kappa shape index (κ2) is 6.50. The molecule has 0 saturated carbocycles. The number of amides is 1. The van der Waals surface area contributed by atoms with Gasteiger partial charge >= 0.3 is 0 Å². The van der Waals surface area contributed by atoms with Crippen LogP contribution < -0.4 is 15.4 Å². The highest BCUT2D eigenvalue weighted by molar-refractivity contribution is 9.10.